The summed E-state index contributed by atoms with van der Waals surface area (Å²) >= 11 is 0. The van der Waals surface area contributed by atoms with E-state index < -0.39 is 6.04 Å². The number of aryl methyl sites for hydroxylation is 1. The summed E-state index contributed by atoms with van der Waals surface area (Å²) in [6.45, 7) is 0. The van der Waals surface area contributed by atoms with Gasteiger partial charge in [-0.1, -0.05) is 36.4 Å². The number of hydrogen-bond acceptors (Lipinski definition) is 4. The van der Waals surface area contributed by atoms with E-state index in [4.69, 9.17) is 0 Å². The lowest BCUT2D eigenvalue weighted by molar-refractivity contribution is -0.126. The van der Waals surface area contributed by atoms with Gasteiger partial charge in [0.15, 0.2) is 0 Å². The van der Waals surface area contributed by atoms with Crippen LogP contribution in [0.15, 0.2) is 67.1 Å². The number of rotatable bonds is 7. The Balaban J connectivity index is 1.67. The summed E-state index contributed by atoms with van der Waals surface area (Å²) in [6.07, 6.45) is 5.79. The highest BCUT2D eigenvalue weighted by atomic mass is 16.2. The molecule has 1 atom stereocenters. The van der Waals surface area contributed by atoms with Crippen LogP contribution in [0.2, 0.25) is 0 Å². The van der Waals surface area contributed by atoms with Gasteiger partial charge >= 0.3 is 0 Å². The standard InChI is InChI=1S/C19H19N5O2/c25-17(9-8-14-5-4-11-20-13-14)23-18(15-6-2-1-3-7-15)19(26)22-16-10-12-21-24-16/h1-7,10-13,18H,8-9H2,(H,23,25)(H2,21,22,24,26)/t18-/m0/s1. The molecule has 1 aromatic carbocycles. The fourth-order valence-electron chi connectivity index (χ4n) is 2.51. The van der Waals surface area contributed by atoms with E-state index in [-0.39, 0.29) is 18.2 Å². The number of benzene rings is 1. The van der Waals surface area contributed by atoms with Crippen LogP contribution >= 0.6 is 0 Å². The van der Waals surface area contributed by atoms with Crippen LogP contribution in [-0.4, -0.2) is 27.0 Å². The zero-order chi connectivity index (χ0) is 18.2. The third kappa shape index (κ3) is 4.76. The molecule has 0 unspecified atom stereocenters. The van der Waals surface area contributed by atoms with Crippen LogP contribution in [0.5, 0.6) is 0 Å². The molecule has 0 aliphatic carbocycles. The van der Waals surface area contributed by atoms with Crippen LogP contribution in [0.3, 0.4) is 0 Å². The average Bonchev–Trinajstić information content (AvgIpc) is 3.19. The Bertz CT molecular complexity index is 835. The SMILES string of the molecule is O=C(CCc1cccnc1)N[C@H](C(=O)Nc1ccn[nH]1)c1ccccc1. The van der Waals surface area contributed by atoms with Crippen LogP contribution in [0.25, 0.3) is 0 Å². The number of aromatic nitrogens is 3. The number of carbonyl (C=O) groups is 2. The van der Waals surface area contributed by atoms with Gasteiger partial charge in [-0.2, -0.15) is 5.10 Å². The van der Waals surface area contributed by atoms with Crippen molar-refractivity contribution in [2.75, 3.05) is 5.32 Å². The van der Waals surface area contributed by atoms with Gasteiger partial charge in [-0.05, 0) is 23.6 Å². The normalized spacial score (nSPS) is 11.5. The van der Waals surface area contributed by atoms with E-state index in [2.05, 4.69) is 25.8 Å². The summed E-state index contributed by atoms with van der Waals surface area (Å²) in [6, 6.07) is 13.7. The Morgan fingerprint density at radius 2 is 1.88 bits per heavy atom. The highest BCUT2D eigenvalue weighted by Crippen LogP contribution is 2.15. The van der Waals surface area contributed by atoms with Gasteiger partial charge in [0.05, 0.1) is 6.20 Å². The zero-order valence-electron chi connectivity index (χ0n) is 14.1. The Hall–Kier alpha value is -3.48. The third-order valence-corrected chi connectivity index (χ3v) is 3.82. The fourth-order valence-corrected chi connectivity index (χ4v) is 2.51. The lowest BCUT2D eigenvalue weighted by Crippen LogP contribution is -2.37. The molecule has 132 valence electrons. The van der Waals surface area contributed by atoms with Gasteiger partial charge in [-0.25, -0.2) is 0 Å². The molecule has 7 heteroatoms. The molecule has 3 aromatic rings. The third-order valence-electron chi connectivity index (χ3n) is 3.82. The number of nitrogens with zero attached hydrogens (tertiary/aromatic N) is 2. The molecule has 2 heterocycles. The van der Waals surface area contributed by atoms with Gasteiger partial charge in [-0.15, -0.1) is 0 Å². The van der Waals surface area contributed by atoms with Gasteiger partial charge in [0.25, 0.3) is 5.91 Å². The van der Waals surface area contributed by atoms with Crippen molar-refractivity contribution in [3.8, 4) is 0 Å². The van der Waals surface area contributed by atoms with E-state index in [1.165, 1.54) is 0 Å². The lowest BCUT2D eigenvalue weighted by atomic mass is 10.1. The largest absolute Gasteiger partial charge is 0.341 e. The second-order valence-electron chi connectivity index (χ2n) is 5.73. The molecule has 0 aliphatic heterocycles. The Morgan fingerprint density at radius 1 is 1.04 bits per heavy atom. The smallest absolute Gasteiger partial charge is 0.252 e. The summed E-state index contributed by atoms with van der Waals surface area (Å²) in [4.78, 5) is 29.0. The first kappa shape index (κ1) is 17.3. The first-order chi connectivity index (χ1) is 12.7. The Morgan fingerprint density at radius 3 is 2.58 bits per heavy atom. The minimum absolute atomic E-state index is 0.206. The van der Waals surface area contributed by atoms with Gasteiger partial charge in [0.1, 0.15) is 11.9 Å². The fraction of sp³-hybridized carbons (Fsp3) is 0.158. The molecule has 0 saturated heterocycles. The topological polar surface area (TPSA) is 99.8 Å². The number of aromatic amines is 1. The molecule has 0 fully saturated rings. The summed E-state index contributed by atoms with van der Waals surface area (Å²) in [7, 11) is 0. The van der Waals surface area contributed by atoms with Gasteiger partial charge < -0.3 is 10.6 Å². The molecule has 0 radical (unpaired) electrons. The number of anilines is 1. The van der Waals surface area contributed by atoms with Crippen molar-refractivity contribution in [1.29, 1.82) is 0 Å². The zero-order valence-corrected chi connectivity index (χ0v) is 14.1. The van der Waals surface area contributed by atoms with Gasteiger partial charge in [0.2, 0.25) is 5.91 Å². The number of H-pyrrole nitrogens is 1. The van der Waals surface area contributed by atoms with Crippen LogP contribution < -0.4 is 10.6 Å². The summed E-state index contributed by atoms with van der Waals surface area (Å²) < 4.78 is 0. The predicted octanol–water partition coefficient (Wildman–Crippen LogP) is 2.23. The maximum Gasteiger partial charge on any atom is 0.252 e. The molecule has 0 saturated carbocycles. The first-order valence-corrected chi connectivity index (χ1v) is 8.26. The van der Waals surface area contributed by atoms with Crippen molar-refractivity contribution in [1.82, 2.24) is 20.5 Å². The monoisotopic (exact) mass is 349 g/mol. The number of hydrogen-bond donors (Lipinski definition) is 3. The average molecular weight is 349 g/mol. The van der Waals surface area contributed by atoms with Crippen molar-refractivity contribution in [3.63, 3.8) is 0 Å². The summed E-state index contributed by atoms with van der Waals surface area (Å²) in [5, 5.41) is 12.0. The second kappa shape index (κ2) is 8.57. The van der Waals surface area contributed by atoms with Crippen LogP contribution in [0.1, 0.15) is 23.6 Å². The maximum atomic E-state index is 12.6. The van der Waals surface area contributed by atoms with Gasteiger partial charge in [-0.3, -0.25) is 19.7 Å². The lowest BCUT2D eigenvalue weighted by Gasteiger charge is -2.18. The van der Waals surface area contributed by atoms with E-state index in [0.717, 1.165) is 5.56 Å². The van der Waals surface area contributed by atoms with Crippen molar-refractivity contribution in [3.05, 3.63) is 78.2 Å². The molecule has 26 heavy (non-hydrogen) atoms. The molecule has 0 bridgehead atoms. The first-order valence-electron chi connectivity index (χ1n) is 8.26. The van der Waals surface area contributed by atoms with E-state index >= 15 is 0 Å². The quantitative estimate of drug-likeness (QED) is 0.609. The van der Waals surface area contributed by atoms with E-state index in [1.54, 1.807) is 36.8 Å². The number of carbonyl (C=O) groups excluding carboxylic acids is 2. The molecule has 3 N–H and O–H groups in total. The van der Waals surface area contributed by atoms with Crippen molar-refractivity contribution >= 4 is 17.6 Å². The molecule has 7 nitrogen and oxygen atoms in total. The molecule has 0 spiro atoms. The summed E-state index contributed by atoms with van der Waals surface area (Å²) in [5.74, 6) is -0.0711. The number of amides is 2. The van der Waals surface area contributed by atoms with E-state index in [9.17, 15) is 9.59 Å². The molecule has 0 aliphatic rings. The molecular weight excluding hydrogens is 330 g/mol. The number of pyridine rings is 1. The van der Waals surface area contributed by atoms with Crippen LogP contribution in [0.4, 0.5) is 5.82 Å². The molecule has 3 rings (SSSR count). The van der Waals surface area contributed by atoms with Crippen molar-refractivity contribution < 1.29 is 9.59 Å². The second-order valence-corrected chi connectivity index (χ2v) is 5.73. The van der Waals surface area contributed by atoms with Crippen molar-refractivity contribution in [2.45, 2.75) is 18.9 Å². The number of nitrogens with one attached hydrogen (secondary N) is 3. The Kier molecular flexibility index (Phi) is 5.72. The summed E-state index contributed by atoms with van der Waals surface area (Å²) in [5.41, 5.74) is 1.68. The van der Waals surface area contributed by atoms with Gasteiger partial charge in [0, 0.05) is 24.9 Å². The van der Waals surface area contributed by atoms with Crippen LogP contribution in [0, 0.1) is 0 Å². The minimum atomic E-state index is -0.791. The van der Waals surface area contributed by atoms with E-state index in [0.29, 0.717) is 17.8 Å². The highest BCUT2D eigenvalue weighted by Gasteiger charge is 2.23. The van der Waals surface area contributed by atoms with E-state index in [1.807, 2.05) is 30.3 Å². The maximum absolute atomic E-state index is 12.6. The predicted molar refractivity (Wildman–Crippen MR) is 97.1 cm³/mol. The molecular formula is C19H19N5O2. The molecule has 2 aromatic heterocycles. The minimum Gasteiger partial charge on any atom is -0.341 e. The molecule has 2 amide bonds. The van der Waals surface area contributed by atoms with Crippen LogP contribution in [-0.2, 0) is 16.0 Å². The highest BCUT2D eigenvalue weighted by molar-refractivity contribution is 5.97. The van der Waals surface area contributed by atoms with Crippen molar-refractivity contribution in [2.24, 2.45) is 0 Å². The Labute approximate surface area is 150 Å².